The molecule has 162 valence electrons. The summed E-state index contributed by atoms with van der Waals surface area (Å²) in [5, 5.41) is 0. The number of hydrazine groups is 1. The van der Waals surface area contributed by atoms with Crippen LogP contribution in [0.2, 0.25) is 0 Å². The molecule has 0 fully saturated rings. The summed E-state index contributed by atoms with van der Waals surface area (Å²) in [6, 6.07) is 1.96. The highest BCUT2D eigenvalue weighted by molar-refractivity contribution is 5.99. The number of rotatable bonds is 12. The Balaban J connectivity index is 3.30. The molecule has 0 saturated heterocycles. The second-order valence-corrected chi connectivity index (χ2v) is 7.63. The molecule has 0 saturated carbocycles. The van der Waals surface area contributed by atoms with Gasteiger partial charge in [0.1, 0.15) is 11.5 Å². The molecule has 0 aliphatic rings. The average molecular weight is 403 g/mol. The van der Waals surface area contributed by atoms with Crippen LogP contribution in [-0.2, 0) is 12.8 Å². The highest BCUT2D eigenvalue weighted by Gasteiger charge is 2.23. The Morgan fingerprint density at radius 3 is 2.41 bits per heavy atom. The lowest BCUT2D eigenvalue weighted by molar-refractivity contribution is 0.0949. The lowest BCUT2D eigenvalue weighted by Gasteiger charge is -2.19. The molecule has 3 N–H and O–H groups in total. The molecule has 0 unspecified atom stereocenters. The van der Waals surface area contributed by atoms with E-state index in [2.05, 4.69) is 45.3 Å². The number of nitrogens with one attached hydrogen (secondary N) is 1. The fraction of sp³-hybridized carbons (Fsp3) is 0.542. The van der Waals surface area contributed by atoms with Crippen molar-refractivity contribution in [2.45, 2.75) is 72.6 Å². The average Bonchev–Trinajstić information content (AvgIpc) is 2.70. The van der Waals surface area contributed by atoms with E-state index in [0.29, 0.717) is 17.7 Å². The predicted octanol–water partition coefficient (Wildman–Crippen LogP) is 5.28. The molecule has 0 heterocycles. The Hall–Kier alpha value is -2.27. The maximum absolute atomic E-state index is 12.6. The van der Waals surface area contributed by atoms with E-state index in [1.165, 1.54) is 11.1 Å². The zero-order chi connectivity index (χ0) is 21.8. The molecule has 5 nitrogen and oxygen atoms in total. The van der Waals surface area contributed by atoms with Crippen LogP contribution in [0.25, 0.3) is 0 Å². The van der Waals surface area contributed by atoms with Gasteiger partial charge in [0.25, 0.3) is 5.91 Å². The highest BCUT2D eigenvalue weighted by atomic mass is 16.5. The van der Waals surface area contributed by atoms with Crippen molar-refractivity contribution in [1.29, 1.82) is 0 Å². The molecule has 0 aromatic heterocycles. The summed E-state index contributed by atoms with van der Waals surface area (Å²) in [4.78, 5) is 12.6. The van der Waals surface area contributed by atoms with E-state index in [4.69, 9.17) is 15.3 Å². The standard InChI is InChI=1S/C24H38N2O3/c1-7-8-9-13-19-16-21(28-5)20(23(29-6)22(19)24(27)26-25)15-14-18(4)12-10-11-17(2)3/h11,14,16H,7-10,12-13,15,25H2,1-6H3,(H,26,27)/b18-14+. The van der Waals surface area contributed by atoms with Crippen molar-refractivity contribution in [1.82, 2.24) is 5.43 Å². The molecule has 1 rings (SSSR count). The maximum atomic E-state index is 12.6. The molecular weight excluding hydrogens is 364 g/mol. The van der Waals surface area contributed by atoms with E-state index in [-0.39, 0.29) is 5.91 Å². The normalized spacial score (nSPS) is 11.2. The number of benzene rings is 1. The number of methoxy groups -OCH3 is 2. The minimum Gasteiger partial charge on any atom is -0.496 e. The summed E-state index contributed by atoms with van der Waals surface area (Å²) < 4.78 is 11.4. The summed E-state index contributed by atoms with van der Waals surface area (Å²) in [6.45, 7) is 8.51. The van der Waals surface area contributed by atoms with Crippen molar-refractivity contribution in [2.24, 2.45) is 5.84 Å². The van der Waals surface area contributed by atoms with Crippen LogP contribution < -0.4 is 20.7 Å². The van der Waals surface area contributed by atoms with E-state index < -0.39 is 0 Å². The van der Waals surface area contributed by atoms with Gasteiger partial charge < -0.3 is 9.47 Å². The second kappa shape index (κ2) is 13.0. The fourth-order valence-electron chi connectivity index (χ4n) is 3.38. The first-order valence-corrected chi connectivity index (χ1v) is 10.5. The summed E-state index contributed by atoms with van der Waals surface area (Å²) in [7, 11) is 3.24. The maximum Gasteiger partial charge on any atom is 0.269 e. The van der Waals surface area contributed by atoms with Crippen LogP contribution in [0.5, 0.6) is 11.5 Å². The molecule has 0 radical (unpaired) electrons. The second-order valence-electron chi connectivity index (χ2n) is 7.63. The number of unbranched alkanes of at least 4 members (excludes halogenated alkanes) is 2. The third-order valence-corrected chi connectivity index (χ3v) is 5.00. The highest BCUT2D eigenvalue weighted by Crippen LogP contribution is 2.37. The van der Waals surface area contributed by atoms with Gasteiger partial charge in [0.05, 0.1) is 19.8 Å². The van der Waals surface area contributed by atoms with Gasteiger partial charge in [-0.1, -0.05) is 43.1 Å². The largest absolute Gasteiger partial charge is 0.496 e. The van der Waals surface area contributed by atoms with E-state index in [9.17, 15) is 4.79 Å². The molecule has 0 atom stereocenters. The topological polar surface area (TPSA) is 73.6 Å². The molecule has 5 heteroatoms. The molecule has 0 bridgehead atoms. The molecule has 1 aromatic rings. The van der Waals surface area contributed by atoms with Gasteiger partial charge >= 0.3 is 0 Å². The first-order valence-electron chi connectivity index (χ1n) is 10.5. The molecule has 0 aliphatic carbocycles. The van der Waals surface area contributed by atoms with Gasteiger partial charge in [-0.05, 0) is 64.5 Å². The van der Waals surface area contributed by atoms with Crippen molar-refractivity contribution in [3.05, 3.63) is 46.1 Å². The molecule has 1 aromatic carbocycles. The van der Waals surface area contributed by atoms with Gasteiger partial charge in [0.2, 0.25) is 0 Å². The monoisotopic (exact) mass is 402 g/mol. The molecule has 1 amide bonds. The van der Waals surface area contributed by atoms with Crippen LogP contribution in [0.4, 0.5) is 0 Å². The van der Waals surface area contributed by atoms with Crippen molar-refractivity contribution >= 4 is 5.91 Å². The van der Waals surface area contributed by atoms with Crippen molar-refractivity contribution < 1.29 is 14.3 Å². The summed E-state index contributed by atoms with van der Waals surface area (Å²) in [6.07, 6.45) is 11.1. The number of ether oxygens (including phenoxy) is 2. The number of carbonyl (C=O) groups is 1. The lowest BCUT2D eigenvalue weighted by Crippen LogP contribution is -2.31. The van der Waals surface area contributed by atoms with Crippen molar-refractivity contribution in [2.75, 3.05) is 14.2 Å². The fourth-order valence-corrected chi connectivity index (χ4v) is 3.38. The van der Waals surface area contributed by atoms with Gasteiger partial charge in [-0.15, -0.1) is 0 Å². The van der Waals surface area contributed by atoms with Crippen LogP contribution in [0, 0.1) is 0 Å². The number of amides is 1. The predicted molar refractivity (Wildman–Crippen MR) is 121 cm³/mol. The Morgan fingerprint density at radius 2 is 1.86 bits per heavy atom. The van der Waals surface area contributed by atoms with Crippen molar-refractivity contribution in [3.8, 4) is 11.5 Å². The van der Waals surface area contributed by atoms with Crippen LogP contribution in [0.1, 0.15) is 81.3 Å². The third-order valence-electron chi connectivity index (χ3n) is 5.00. The number of allylic oxidation sites excluding steroid dienone is 4. The summed E-state index contributed by atoms with van der Waals surface area (Å²) in [5.74, 6) is 6.43. The summed E-state index contributed by atoms with van der Waals surface area (Å²) >= 11 is 0. The third kappa shape index (κ3) is 7.58. The minimum atomic E-state index is -0.332. The van der Waals surface area contributed by atoms with Crippen LogP contribution in [0.3, 0.4) is 0 Å². The van der Waals surface area contributed by atoms with Crippen molar-refractivity contribution in [3.63, 3.8) is 0 Å². The van der Waals surface area contributed by atoms with Gasteiger partial charge in [0.15, 0.2) is 0 Å². The minimum absolute atomic E-state index is 0.332. The zero-order valence-electron chi connectivity index (χ0n) is 19.0. The SMILES string of the molecule is CCCCCc1cc(OC)c(C/C=C(\C)CCC=C(C)C)c(OC)c1C(=O)NN. The van der Waals surface area contributed by atoms with Gasteiger partial charge in [-0.3, -0.25) is 10.2 Å². The first-order chi connectivity index (χ1) is 13.9. The summed E-state index contributed by atoms with van der Waals surface area (Å²) in [5.41, 5.74) is 7.19. The number of aryl methyl sites for hydroxylation is 1. The Kier molecular flexibility index (Phi) is 11.1. The van der Waals surface area contributed by atoms with E-state index in [1.54, 1.807) is 14.2 Å². The van der Waals surface area contributed by atoms with Crippen LogP contribution in [-0.4, -0.2) is 20.1 Å². The molecule has 0 spiro atoms. The molecule has 0 aliphatic heterocycles. The Bertz CT molecular complexity index is 732. The lowest BCUT2D eigenvalue weighted by atomic mass is 9.94. The van der Waals surface area contributed by atoms with Gasteiger partial charge in [-0.2, -0.15) is 0 Å². The quantitative estimate of drug-likeness (QED) is 0.164. The smallest absolute Gasteiger partial charge is 0.269 e. The number of hydrogen-bond donors (Lipinski definition) is 2. The van der Waals surface area contributed by atoms with E-state index in [0.717, 1.165) is 55.4 Å². The number of nitrogens with two attached hydrogens (primary N) is 1. The van der Waals surface area contributed by atoms with E-state index >= 15 is 0 Å². The molecular formula is C24H38N2O3. The Morgan fingerprint density at radius 1 is 1.14 bits per heavy atom. The number of nitrogen functional groups attached to an aromatic ring is 1. The van der Waals surface area contributed by atoms with Crippen LogP contribution >= 0.6 is 0 Å². The zero-order valence-corrected chi connectivity index (χ0v) is 19.0. The van der Waals surface area contributed by atoms with Gasteiger partial charge in [-0.25, -0.2) is 5.84 Å². The number of carbonyl (C=O) groups excluding carboxylic acids is 1. The van der Waals surface area contributed by atoms with E-state index in [1.807, 2.05) is 6.07 Å². The number of hydrogen-bond acceptors (Lipinski definition) is 4. The van der Waals surface area contributed by atoms with Gasteiger partial charge in [0, 0.05) is 5.56 Å². The Labute approximate surface area is 176 Å². The first kappa shape index (κ1) is 24.8. The van der Waals surface area contributed by atoms with Crippen LogP contribution in [0.15, 0.2) is 29.4 Å². The molecule has 29 heavy (non-hydrogen) atoms.